The van der Waals surface area contributed by atoms with E-state index in [4.69, 9.17) is 10.5 Å². The van der Waals surface area contributed by atoms with Gasteiger partial charge in [-0.2, -0.15) is 0 Å². The molecule has 1 heterocycles. The lowest BCUT2D eigenvalue weighted by atomic mass is 9.46. The predicted octanol–water partition coefficient (Wildman–Crippen LogP) is 2.60. The lowest BCUT2D eigenvalue weighted by Crippen LogP contribution is -2.82. The first-order chi connectivity index (χ1) is 9.85. The normalized spacial score (nSPS) is 35.5. The zero-order valence-electron chi connectivity index (χ0n) is 14.1. The van der Waals surface area contributed by atoms with Crippen LogP contribution in [0.3, 0.4) is 0 Å². The molecule has 122 valence electrons. The van der Waals surface area contributed by atoms with Gasteiger partial charge in [-0.05, 0) is 26.2 Å². The van der Waals surface area contributed by atoms with E-state index in [9.17, 15) is 4.79 Å². The van der Waals surface area contributed by atoms with E-state index >= 15 is 0 Å². The van der Waals surface area contributed by atoms with Gasteiger partial charge in [0.05, 0.1) is 6.10 Å². The second-order valence-electron chi connectivity index (χ2n) is 7.50. The summed E-state index contributed by atoms with van der Waals surface area (Å²) in [5.41, 5.74) is 5.52. The Bertz CT molecular complexity index is 383. The minimum atomic E-state index is -0.781. The lowest BCUT2D eigenvalue weighted by molar-refractivity contribution is -0.225. The highest BCUT2D eigenvalue weighted by Crippen LogP contribution is 2.57. The Morgan fingerprint density at radius 2 is 2.14 bits per heavy atom. The molecule has 1 saturated carbocycles. The summed E-state index contributed by atoms with van der Waals surface area (Å²) >= 11 is 0. The van der Waals surface area contributed by atoms with E-state index < -0.39 is 5.54 Å². The van der Waals surface area contributed by atoms with Gasteiger partial charge in [0, 0.05) is 24.0 Å². The topological polar surface area (TPSA) is 64.4 Å². The molecule has 0 aromatic rings. The third-order valence-corrected chi connectivity index (χ3v) is 5.68. The first kappa shape index (κ1) is 16.8. The monoisotopic (exact) mass is 296 g/mol. The Hall–Kier alpha value is -0.610. The molecule has 0 aromatic carbocycles. The zero-order valence-corrected chi connectivity index (χ0v) is 14.1. The first-order valence-electron chi connectivity index (χ1n) is 8.57. The third kappa shape index (κ3) is 2.72. The molecule has 4 heteroatoms. The molecule has 1 aliphatic heterocycles. The quantitative estimate of drug-likeness (QED) is 0.741. The highest BCUT2D eigenvalue weighted by Gasteiger charge is 2.70. The van der Waals surface area contributed by atoms with Gasteiger partial charge in [-0.15, -0.1) is 0 Å². The summed E-state index contributed by atoms with van der Waals surface area (Å²) in [5.74, 6) is 0.187. The van der Waals surface area contributed by atoms with Crippen LogP contribution in [0.1, 0.15) is 66.2 Å². The van der Waals surface area contributed by atoms with Crippen LogP contribution >= 0.6 is 0 Å². The van der Waals surface area contributed by atoms with Crippen molar-refractivity contribution < 1.29 is 9.53 Å². The fourth-order valence-electron chi connectivity index (χ4n) is 4.15. The van der Waals surface area contributed by atoms with Crippen LogP contribution in [0, 0.1) is 11.3 Å². The predicted molar refractivity (Wildman–Crippen MR) is 84.9 cm³/mol. The molecule has 0 radical (unpaired) electrons. The van der Waals surface area contributed by atoms with Gasteiger partial charge < -0.3 is 15.8 Å². The molecule has 1 amide bonds. The first-order valence-corrected chi connectivity index (χ1v) is 8.57. The Morgan fingerprint density at radius 3 is 2.81 bits per heavy atom. The van der Waals surface area contributed by atoms with Gasteiger partial charge >= 0.3 is 0 Å². The number of hydrogen-bond acceptors (Lipinski definition) is 3. The summed E-state index contributed by atoms with van der Waals surface area (Å²) in [6.07, 6.45) is 6.76. The highest BCUT2D eigenvalue weighted by atomic mass is 16.5. The van der Waals surface area contributed by atoms with Crippen molar-refractivity contribution in [3.05, 3.63) is 0 Å². The van der Waals surface area contributed by atoms with Gasteiger partial charge in [0.15, 0.2) is 0 Å². The third-order valence-electron chi connectivity index (χ3n) is 5.68. The van der Waals surface area contributed by atoms with Crippen molar-refractivity contribution >= 4 is 5.91 Å². The maximum Gasteiger partial charge on any atom is 0.241 e. The molecule has 0 bridgehead atoms. The van der Waals surface area contributed by atoms with Crippen LogP contribution < -0.4 is 11.1 Å². The van der Waals surface area contributed by atoms with Crippen LogP contribution in [0.25, 0.3) is 0 Å². The number of rotatable bonds is 6. The number of carbonyl (C=O) groups is 1. The van der Waals surface area contributed by atoms with Crippen LogP contribution in [-0.2, 0) is 9.53 Å². The average molecular weight is 296 g/mol. The summed E-state index contributed by atoms with van der Waals surface area (Å²) in [4.78, 5) is 12.8. The van der Waals surface area contributed by atoms with Crippen LogP contribution in [0.15, 0.2) is 0 Å². The SMILES string of the molecule is CCCCCC(C)NC(=O)C1(N)C2CCCOC2C1(C)C. The van der Waals surface area contributed by atoms with Crippen LogP contribution in [-0.4, -0.2) is 30.2 Å². The molecule has 0 spiro atoms. The molecule has 2 aliphatic rings. The van der Waals surface area contributed by atoms with Crippen LogP contribution in [0.2, 0.25) is 0 Å². The van der Waals surface area contributed by atoms with Crippen molar-refractivity contribution in [1.29, 1.82) is 0 Å². The number of ether oxygens (including phenoxy) is 1. The number of nitrogens with two attached hydrogens (primary N) is 1. The maximum atomic E-state index is 12.8. The Labute approximate surface area is 129 Å². The lowest BCUT2D eigenvalue weighted by Gasteiger charge is -2.65. The Kier molecular flexibility index (Phi) is 4.99. The van der Waals surface area contributed by atoms with E-state index in [1.165, 1.54) is 12.8 Å². The molecular formula is C17H32N2O2. The number of hydrogen-bond donors (Lipinski definition) is 2. The van der Waals surface area contributed by atoms with E-state index in [1.54, 1.807) is 0 Å². The van der Waals surface area contributed by atoms with E-state index in [0.29, 0.717) is 0 Å². The number of unbranched alkanes of at least 4 members (excludes halogenated alkanes) is 2. The van der Waals surface area contributed by atoms with E-state index in [0.717, 1.165) is 32.3 Å². The van der Waals surface area contributed by atoms with Crippen molar-refractivity contribution in [3.63, 3.8) is 0 Å². The minimum Gasteiger partial charge on any atom is -0.377 e. The molecule has 1 saturated heterocycles. The standard InChI is InChI=1S/C17H32N2O2/c1-5-6-7-9-12(2)19-15(20)17(18)13-10-8-11-21-14(13)16(17,3)4/h12-14H,5-11,18H2,1-4H3,(H,19,20). The summed E-state index contributed by atoms with van der Waals surface area (Å²) in [7, 11) is 0. The van der Waals surface area contributed by atoms with Gasteiger partial charge in [-0.3, -0.25) is 4.79 Å². The molecule has 3 N–H and O–H groups in total. The Morgan fingerprint density at radius 1 is 1.43 bits per heavy atom. The Balaban J connectivity index is 1.97. The number of nitrogens with one attached hydrogen (secondary N) is 1. The molecule has 4 nitrogen and oxygen atoms in total. The summed E-state index contributed by atoms with van der Waals surface area (Å²) < 4.78 is 5.86. The minimum absolute atomic E-state index is 0.0169. The van der Waals surface area contributed by atoms with Crippen molar-refractivity contribution in [2.45, 2.75) is 83.9 Å². The maximum absolute atomic E-state index is 12.8. The summed E-state index contributed by atoms with van der Waals surface area (Å²) in [5, 5.41) is 3.15. The second-order valence-corrected chi connectivity index (χ2v) is 7.50. The van der Waals surface area contributed by atoms with E-state index in [2.05, 4.69) is 33.0 Å². The van der Waals surface area contributed by atoms with Gasteiger partial charge in [0.1, 0.15) is 5.54 Å². The highest BCUT2D eigenvalue weighted by molar-refractivity contribution is 5.89. The van der Waals surface area contributed by atoms with Crippen LogP contribution in [0.4, 0.5) is 0 Å². The van der Waals surface area contributed by atoms with Gasteiger partial charge in [0.25, 0.3) is 0 Å². The zero-order chi connectivity index (χ0) is 15.7. The van der Waals surface area contributed by atoms with Crippen molar-refractivity contribution in [3.8, 4) is 0 Å². The van der Waals surface area contributed by atoms with E-state index in [-0.39, 0.29) is 29.4 Å². The molecule has 0 aromatic heterocycles. The number of carbonyl (C=O) groups excluding carboxylic acids is 1. The molecule has 4 unspecified atom stereocenters. The fourth-order valence-corrected chi connectivity index (χ4v) is 4.15. The molecule has 2 fully saturated rings. The number of fused-ring (bicyclic) bond motifs is 1. The number of amides is 1. The summed E-state index contributed by atoms with van der Waals surface area (Å²) in [6.45, 7) is 9.22. The van der Waals surface area contributed by atoms with Crippen molar-refractivity contribution in [2.75, 3.05) is 6.61 Å². The average Bonchev–Trinajstić information content (AvgIpc) is 2.46. The van der Waals surface area contributed by atoms with E-state index in [1.807, 2.05) is 0 Å². The van der Waals surface area contributed by atoms with Crippen molar-refractivity contribution in [2.24, 2.45) is 17.1 Å². The largest absolute Gasteiger partial charge is 0.377 e. The molecule has 21 heavy (non-hydrogen) atoms. The van der Waals surface area contributed by atoms with Gasteiger partial charge in [-0.1, -0.05) is 40.0 Å². The smallest absolute Gasteiger partial charge is 0.241 e. The van der Waals surface area contributed by atoms with Gasteiger partial charge in [0.2, 0.25) is 5.91 Å². The molecule has 1 aliphatic carbocycles. The second kappa shape index (κ2) is 6.25. The van der Waals surface area contributed by atoms with Gasteiger partial charge in [-0.25, -0.2) is 0 Å². The molecular weight excluding hydrogens is 264 g/mol. The fraction of sp³-hybridized carbons (Fsp3) is 0.941. The van der Waals surface area contributed by atoms with Crippen molar-refractivity contribution in [1.82, 2.24) is 5.32 Å². The summed E-state index contributed by atoms with van der Waals surface area (Å²) in [6, 6.07) is 0.198. The molecule has 2 rings (SSSR count). The molecule has 4 atom stereocenters. The van der Waals surface area contributed by atoms with Crippen LogP contribution in [0.5, 0.6) is 0 Å².